The van der Waals surface area contributed by atoms with Gasteiger partial charge in [-0.3, -0.25) is 14.6 Å². The maximum Gasteiger partial charge on any atom is 0.311 e. The van der Waals surface area contributed by atoms with Gasteiger partial charge in [0, 0.05) is 6.42 Å². The van der Waals surface area contributed by atoms with Crippen molar-refractivity contribution in [2.75, 3.05) is 6.61 Å². The third-order valence-corrected chi connectivity index (χ3v) is 5.75. The van der Waals surface area contributed by atoms with E-state index in [1.54, 1.807) is 27.0 Å². The molecule has 0 fully saturated rings. The number of esters is 1. The first-order valence-electron chi connectivity index (χ1n) is 14.1. The molecule has 0 saturated carbocycles. The van der Waals surface area contributed by atoms with Crippen LogP contribution >= 0.6 is 0 Å². The molecule has 0 radical (unpaired) electrons. The maximum atomic E-state index is 13.8. The standard InChI is InChI=1S/C29H47FN2O4.C2H6/c1-11-22(27(3,4)5)17-23-20(2)32-24(18-31-23)25(33)16-14-12-13-15-21(19-35-29(9,10)30)26(34)36-28(6,7)8;1-2/h17-18,21H,11-16,19H2,1-10H3;1-2H3/b22-17+;. The second-order valence-corrected chi connectivity index (χ2v) is 11.9. The number of hydrogen-bond acceptors (Lipinski definition) is 6. The van der Waals surface area contributed by atoms with Crippen molar-refractivity contribution in [3.8, 4) is 0 Å². The molecule has 1 heterocycles. The molecular weight excluding hydrogens is 483 g/mol. The van der Waals surface area contributed by atoms with Gasteiger partial charge in [-0.1, -0.05) is 60.0 Å². The van der Waals surface area contributed by atoms with E-state index in [-0.39, 0.29) is 23.8 Å². The van der Waals surface area contributed by atoms with E-state index in [1.165, 1.54) is 19.4 Å². The summed E-state index contributed by atoms with van der Waals surface area (Å²) < 4.78 is 24.5. The molecule has 0 bridgehead atoms. The van der Waals surface area contributed by atoms with Gasteiger partial charge in [-0.05, 0) is 72.3 Å². The summed E-state index contributed by atoms with van der Waals surface area (Å²) in [6.45, 7) is 22.5. The molecule has 1 unspecified atom stereocenters. The summed E-state index contributed by atoms with van der Waals surface area (Å²) in [5, 5.41) is 0. The molecule has 1 aromatic heterocycles. The summed E-state index contributed by atoms with van der Waals surface area (Å²) in [6.07, 6.45) is 7.55. The van der Waals surface area contributed by atoms with Crippen molar-refractivity contribution in [3.05, 3.63) is 28.9 Å². The highest BCUT2D eigenvalue weighted by Crippen LogP contribution is 2.29. The minimum Gasteiger partial charge on any atom is -0.460 e. The van der Waals surface area contributed by atoms with E-state index < -0.39 is 17.4 Å². The van der Waals surface area contributed by atoms with E-state index in [9.17, 15) is 14.0 Å². The van der Waals surface area contributed by atoms with Crippen LogP contribution in [-0.4, -0.2) is 39.8 Å². The number of hydrogen-bond donors (Lipinski definition) is 0. The molecule has 0 saturated heterocycles. The van der Waals surface area contributed by atoms with Crippen molar-refractivity contribution in [1.29, 1.82) is 0 Å². The summed E-state index contributed by atoms with van der Waals surface area (Å²) in [7, 11) is 0. The van der Waals surface area contributed by atoms with Crippen LogP contribution in [0.2, 0.25) is 0 Å². The van der Waals surface area contributed by atoms with Crippen molar-refractivity contribution in [2.24, 2.45) is 11.3 Å². The Hall–Kier alpha value is -2.15. The Morgan fingerprint density at radius 3 is 2.11 bits per heavy atom. The molecule has 0 N–H and O–H groups in total. The minimum absolute atomic E-state index is 0.0397. The minimum atomic E-state index is -1.82. The van der Waals surface area contributed by atoms with Gasteiger partial charge in [-0.25, -0.2) is 9.37 Å². The second kappa shape index (κ2) is 16.1. The molecule has 0 spiro atoms. The summed E-state index contributed by atoms with van der Waals surface area (Å²) in [5.41, 5.74) is 2.63. The van der Waals surface area contributed by atoms with Crippen LogP contribution in [-0.2, 0) is 14.3 Å². The van der Waals surface area contributed by atoms with Crippen molar-refractivity contribution in [3.63, 3.8) is 0 Å². The van der Waals surface area contributed by atoms with Gasteiger partial charge in [0.05, 0.1) is 30.1 Å². The van der Waals surface area contributed by atoms with Crippen molar-refractivity contribution >= 4 is 17.8 Å². The van der Waals surface area contributed by atoms with Crippen LogP contribution in [0, 0.1) is 18.3 Å². The fourth-order valence-electron chi connectivity index (χ4n) is 3.72. The number of ether oxygens (including phenoxy) is 2. The summed E-state index contributed by atoms with van der Waals surface area (Å²) in [6, 6.07) is 0. The first-order valence-corrected chi connectivity index (χ1v) is 14.1. The fourth-order valence-corrected chi connectivity index (χ4v) is 3.72. The number of carbonyl (C=O) groups is 2. The Morgan fingerprint density at radius 1 is 1.03 bits per heavy atom. The number of Topliss-reactive ketones (excluding diaryl/α,β-unsaturated/α-hetero) is 1. The summed E-state index contributed by atoms with van der Waals surface area (Å²) in [4.78, 5) is 34.2. The first kappa shape index (κ1) is 35.9. The lowest BCUT2D eigenvalue weighted by Gasteiger charge is -2.25. The highest BCUT2D eigenvalue weighted by molar-refractivity contribution is 5.94. The smallest absolute Gasteiger partial charge is 0.311 e. The number of carbonyl (C=O) groups excluding carboxylic acids is 2. The Kier molecular flexibility index (Phi) is 15.2. The Balaban J connectivity index is 0.00000667. The van der Waals surface area contributed by atoms with Gasteiger partial charge < -0.3 is 9.47 Å². The number of aryl methyl sites for hydroxylation is 1. The normalized spacial score (nSPS) is 13.4. The lowest BCUT2D eigenvalue weighted by atomic mass is 9.84. The lowest BCUT2D eigenvalue weighted by molar-refractivity contribution is -0.171. The van der Waals surface area contributed by atoms with Crippen LogP contribution in [0.25, 0.3) is 6.08 Å². The zero-order valence-electron chi connectivity index (χ0n) is 26.1. The number of aromatic nitrogens is 2. The molecular formula is C31H53FN2O4. The molecule has 1 atom stereocenters. The lowest BCUT2D eigenvalue weighted by Crippen LogP contribution is -2.33. The molecule has 0 amide bonds. The van der Waals surface area contributed by atoms with Gasteiger partial charge in [0.1, 0.15) is 11.3 Å². The van der Waals surface area contributed by atoms with Crippen LogP contribution in [0.15, 0.2) is 11.8 Å². The number of allylic oxidation sites excluding steroid dienone is 1. The zero-order chi connectivity index (χ0) is 29.7. The molecule has 0 aliphatic rings. The van der Waals surface area contributed by atoms with Gasteiger partial charge in [0.25, 0.3) is 0 Å². The Morgan fingerprint density at radius 2 is 1.63 bits per heavy atom. The van der Waals surface area contributed by atoms with Gasteiger partial charge in [-0.2, -0.15) is 0 Å². The summed E-state index contributed by atoms with van der Waals surface area (Å²) >= 11 is 0. The van der Waals surface area contributed by atoms with Crippen LogP contribution in [0.5, 0.6) is 0 Å². The molecule has 0 aliphatic heterocycles. The van der Waals surface area contributed by atoms with E-state index in [0.29, 0.717) is 31.4 Å². The van der Waals surface area contributed by atoms with Gasteiger partial charge in [-0.15, -0.1) is 0 Å². The molecule has 218 valence electrons. The molecule has 0 aromatic carbocycles. The van der Waals surface area contributed by atoms with E-state index in [4.69, 9.17) is 9.47 Å². The highest BCUT2D eigenvalue weighted by Gasteiger charge is 2.28. The Labute approximate surface area is 231 Å². The maximum absolute atomic E-state index is 13.8. The molecule has 0 aliphatic carbocycles. The molecule has 38 heavy (non-hydrogen) atoms. The van der Waals surface area contributed by atoms with Gasteiger partial charge >= 0.3 is 5.97 Å². The van der Waals surface area contributed by atoms with Crippen LogP contribution in [0.1, 0.15) is 137 Å². The quantitative estimate of drug-likeness (QED) is 0.143. The van der Waals surface area contributed by atoms with Crippen molar-refractivity contribution in [1.82, 2.24) is 9.97 Å². The first-order chi connectivity index (χ1) is 17.4. The second-order valence-electron chi connectivity index (χ2n) is 11.9. The average Bonchev–Trinajstić information content (AvgIpc) is 2.78. The molecule has 1 rings (SSSR count). The number of ketones is 1. The van der Waals surface area contributed by atoms with Crippen LogP contribution in [0.4, 0.5) is 4.39 Å². The monoisotopic (exact) mass is 536 g/mol. The summed E-state index contributed by atoms with van der Waals surface area (Å²) in [5.74, 6) is -2.80. The van der Waals surface area contributed by atoms with Gasteiger partial charge in [0.2, 0.25) is 5.85 Å². The van der Waals surface area contributed by atoms with Gasteiger partial charge in [0.15, 0.2) is 5.78 Å². The average molecular weight is 537 g/mol. The predicted molar refractivity (Wildman–Crippen MR) is 154 cm³/mol. The van der Waals surface area contributed by atoms with E-state index in [1.807, 2.05) is 20.8 Å². The number of unbranched alkanes of at least 4 members (excludes halogenated alkanes) is 2. The van der Waals surface area contributed by atoms with Crippen molar-refractivity contribution < 1.29 is 23.5 Å². The SMILES string of the molecule is CC.CC/C(=C\c1ncc(C(=O)CCCCCC(COC(C)(C)F)C(=O)OC(C)(C)C)nc1C)C(C)(C)C. The topological polar surface area (TPSA) is 78.4 Å². The van der Waals surface area contributed by atoms with E-state index in [2.05, 4.69) is 43.7 Å². The molecule has 7 heteroatoms. The van der Waals surface area contributed by atoms with E-state index >= 15 is 0 Å². The molecule has 1 aromatic rings. The number of nitrogens with zero attached hydrogens (tertiary/aromatic N) is 2. The number of alkyl halides is 1. The predicted octanol–water partition coefficient (Wildman–Crippen LogP) is 8.46. The fraction of sp³-hybridized carbons (Fsp3) is 0.742. The molecule has 6 nitrogen and oxygen atoms in total. The van der Waals surface area contributed by atoms with Crippen LogP contribution in [0.3, 0.4) is 0 Å². The van der Waals surface area contributed by atoms with Crippen molar-refractivity contribution in [2.45, 2.75) is 133 Å². The Bertz CT molecular complexity index is 906. The third kappa shape index (κ3) is 14.7. The van der Waals surface area contributed by atoms with E-state index in [0.717, 1.165) is 24.2 Å². The van der Waals surface area contributed by atoms with Crippen LogP contribution < -0.4 is 0 Å². The number of rotatable bonds is 13. The third-order valence-electron chi connectivity index (χ3n) is 5.75. The highest BCUT2D eigenvalue weighted by atomic mass is 19.2. The largest absolute Gasteiger partial charge is 0.460 e. The number of halogens is 1. The zero-order valence-corrected chi connectivity index (χ0v) is 26.1.